The first kappa shape index (κ1) is 16.7. The van der Waals surface area contributed by atoms with Gasteiger partial charge in [0.1, 0.15) is 18.0 Å². The molecule has 0 aliphatic carbocycles. The van der Waals surface area contributed by atoms with Gasteiger partial charge in [-0.1, -0.05) is 6.07 Å². The molecule has 132 valence electrons. The highest BCUT2D eigenvalue weighted by Gasteiger charge is 2.21. The molecule has 0 unspecified atom stereocenters. The second-order valence-corrected chi connectivity index (χ2v) is 6.36. The van der Waals surface area contributed by atoms with Crippen LogP contribution in [0.5, 0.6) is 0 Å². The van der Waals surface area contributed by atoms with Crippen molar-refractivity contribution < 1.29 is 0 Å². The summed E-state index contributed by atoms with van der Waals surface area (Å²) in [5.74, 6) is 0.884. The van der Waals surface area contributed by atoms with Gasteiger partial charge in [0.25, 0.3) is 0 Å². The standard InChI is InChI=1S/C21H18N6/c22-14-17-6-7-21(24-16-17)27-12-10-26(11-13-27)20-5-3-4-19(18(20)15-23)25-8-1-2-9-25/h1-9,16H,10-13H2. The molecular formula is C21H18N6. The summed E-state index contributed by atoms with van der Waals surface area (Å²) >= 11 is 0. The molecule has 0 spiro atoms. The zero-order valence-electron chi connectivity index (χ0n) is 14.8. The molecule has 0 bridgehead atoms. The summed E-state index contributed by atoms with van der Waals surface area (Å²) in [4.78, 5) is 8.85. The number of aromatic nitrogens is 2. The molecule has 3 aromatic rings. The fourth-order valence-corrected chi connectivity index (χ4v) is 3.43. The topological polar surface area (TPSA) is 71.9 Å². The molecule has 6 nitrogen and oxygen atoms in total. The van der Waals surface area contributed by atoms with Gasteiger partial charge in [-0.2, -0.15) is 10.5 Å². The van der Waals surface area contributed by atoms with E-state index in [0.29, 0.717) is 11.1 Å². The molecular weight excluding hydrogens is 336 g/mol. The van der Waals surface area contributed by atoms with Gasteiger partial charge in [0, 0.05) is 44.8 Å². The van der Waals surface area contributed by atoms with Crippen molar-refractivity contribution in [3.8, 4) is 17.8 Å². The molecule has 1 aromatic carbocycles. The van der Waals surface area contributed by atoms with Gasteiger partial charge >= 0.3 is 0 Å². The van der Waals surface area contributed by atoms with Crippen molar-refractivity contribution in [2.75, 3.05) is 36.0 Å². The number of rotatable bonds is 3. The normalized spacial score (nSPS) is 13.9. The summed E-state index contributed by atoms with van der Waals surface area (Å²) in [5.41, 5.74) is 3.13. The minimum absolute atomic E-state index is 0.567. The second kappa shape index (κ2) is 7.23. The van der Waals surface area contributed by atoms with Crippen molar-refractivity contribution in [1.82, 2.24) is 9.55 Å². The monoisotopic (exact) mass is 354 g/mol. The molecule has 0 N–H and O–H groups in total. The van der Waals surface area contributed by atoms with Crippen molar-refractivity contribution in [2.24, 2.45) is 0 Å². The number of pyridine rings is 1. The van der Waals surface area contributed by atoms with Crippen LogP contribution in [-0.2, 0) is 0 Å². The predicted molar refractivity (Wildman–Crippen MR) is 104 cm³/mol. The Balaban J connectivity index is 1.54. The highest BCUT2D eigenvalue weighted by Crippen LogP contribution is 2.27. The largest absolute Gasteiger partial charge is 0.367 e. The van der Waals surface area contributed by atoms with Crippen LogP contribution in [-0.4, -0.2) is 35.7 Å². The van der Waals surface area contributed by atoms with E-state index in [2.05, 4.69) is 26.9 Å². The lowest BCUT2D eigenvalue weighted by Gasteiger charge is -2.37. The number of nitriles is 2. The van der Waals surface area contributed by atoms with E-state index >= 15 is 0 Å². The Bertz CT molecular complexity index is 1000. The molecule has 1 aliphatic rings. The number of hydrogen-bond acceptors (Lipinski definition) is 5. The third-order valence-corrected chi connectivity index (χ3v) is 4.84. The highest BCUT2D eigenvalue weighted by molar-refractivity contribution is 5.68. The molecule has 2 aromatic heterocycles. The first-order chi connectivity index (χ1) is 13.3. The molecule has 27 heavy (non-hydrogen) atoms. The van der Waals surface area contributed by atoms with Gasteiger partial charge in [0.2, 0.25) is 0 Å². The van der Waals surface area contributed by atoms with Crippen LogP contribution in [0.25, 0.3) is 5.69 Å². The van der Waals surface area contributed by atoms with E-state index in [4.69, 9.17) is 5.26 Å². The average Bonchev–Trinajstić information content (AvgIpc) is 3.28. The van der Waals surface area contributed by atoms with Crippen LogP contribution >= 0.6 is 0 Å². The Morgan fingerprint density at radius 1 is 0.778 bits per heavy atom. The van der Waals surface area contributed by atoms with Crippen LogP contribution in [0.2, 0.25) is 0 Å². The van der Waals surface area contributed by atoms with Crippen molar-refractivity contribution in [3.63, 3.8) is 0 Å². The summed E-state index contributed by atoms with van der Waals surface area (Å²) < 4.78 is 1.97. The molecule has 0 saturated carbocycles. The van der Waals surface area contributed by atoms with E-state index in [9.17, 15) is 5.26 Å². The third kappa shape index (κ3) is 3.21. The van der Waals surface area contributed by atoms with Crippen LogP contribution in [0, 0.1) is 22.7 Å². The maximum absolute atomic E-state index is 9.77. The molecule has 1 fully saturated rings. The molecule has 4 rings (SSSR count). The summed E-state index contributed by atoms with van der Waals surface area (Å²) in [7, 11) is 0. The van der Waals surface area contributed by atoms with Crippen molar-refractivity contribution in [3.05, 3.63) is 72.2 Å². The third-order valence-electron chi connectivity index (χ3n) is 4.84. The molecule has 6 heteroatoms. The van der Waals surface area contributed by atoms with E-state index in [1.807, 2.05) is 53.4 Å². The minimum Gasteiger partial charge on any atom is -0.367 e. The van der Waals surface area contributed by atoms with Crippen LogP contribution in [0.15, 0.2) is 61.1 Å². The average molecular weight is 354 g/mol. The lowest BCUT2D eigenvalue weighted by Crippen LogP contribution is -2.47. The summed E-state index contributed by atoms with van der Waals surface area (Å²) in [6.07, 6.45) is 5.51. The van der Waals surface area contributed by atoms with Crippen molar-refractivity contribution in [1.29, 1.82) is 10.5 Å². The van der Waals surface area contributed by atoms with Crippen LogP contribution in [0.4, 0.5) is 11.5 Å². The Morgan fingerprint density at radius 3 is 2.11 bits per heavy atom. The summed E-state index contributed by atoms with van der Waals surface area (Å²) in [6.45, 7) is 3.26. The Morgan fingerprint density at radius 2 is 1.48 bits per heavy atom. The number of piperazine rings is 1. The fourth-order valence-electron chi connectivity index (χ4n) is 3.43. The zero-order valence-corrected chi connectivity index (χ0v) is 14.8. The van der Waals surface area contributed by atoms with Crippen molar-refractivity contribution >= 4 is 11.5 Å². The van der Waals surface area contributed by atoms with Gasteiger partial charge in [-0.15, -0.1) is 0 Å². The Labute approximate surface area is 158 Å². The van der Waals surface area contributed by atoms with Crippen LogP contribution in [0.1, 0.15) is 11.1 Å². The number of hydrogen-bond donors (Lipinski definition) is 0. The number of benzene rings is 1. The molecule has 0 atom stereocenters. The highest BCUT2D eigenvalue weighted by atomic mass is 15.3. The molecule has 1 saturated heterocycles. The minimum atomic E-state index is 0.567. The SMILES string of the molecule is N#Cc1ccc(N2CCN(c3cccc(-n4cccc4)c3C#N)CC2)nc1. The van der Waals surface area contributed by atoms with Gasteiger partial charge in [-0.3, -0.25) is 0 Å². The lowest BCUT2D eigenvalue weighted by atomic mass is 10.1. The second-order valence-electron chi connectivity index (χ2n) is 6.36. The first-order valence-electron chi connectivity index (χ1n) is 8.82. The van der Waals surface area contributed by atoms with E-state index in [0.717, 1.165) is 43.4 Å². The van der Waals surface area contributed by atoms with Gasteiger partial charge in [0.15, 0.2) is 0 Å². The van der Waals surface area contributed by atoms with E-state index in [1.54, 1.807) is 12.3 Å². The predicted octanol–water partition coefficient (Wildman–Crippen LogP) is 2.94. The zero-order chi connectivity index (χ0) is 18.6. The maximum atomic E-state index is 9.77. The first-order valence-corrected chi connectivity index (χ1v) is 8.82. The maximum Gasteiger partial charge on any atom is 0.128 e. The van der Waals surface area contributed by atoms with Crippen molar-refractivity contribution in [2.45, 2.75) is 0 Å². The summed E-state index contributed by atoms with van der Waals surface area (Å²) in [6, 6.07) is 18.1. The number of anilines is 2. The molecule has 1 aliphatic heterocycles. The van der Waals surface area contributed by atoms with Gasteiger partial charge < -0.3 is 14.4 Å². The Hall–Kier alpha value is -3.77. The van der Waals surface area contributed by atoms with E-state index in [-0.39, 0.29) is 0 Å². The van der Waals surface area contributed by atoms with E-state index < -0.39 is 0 Å². The van der Waals surface area contributed by atoms with Crippen LogP contribution < -0.4 is 9.80 Å². The van der Waals surface area contributed by atoms with Gasteiger partial charge in [0.05, 0.1) is 22.5 Å². The number of nitrogens with zero attached hydrogens (tertiary/aromatic N) is 6. The summed E-state index contributed by atoms with van der Waals surface area (Å²) in [5, 5.41) is 18.7. The van der Waals surface area contributed by atoms with Gasteiger partial charge in [-0.05, 0) is 36.4 Å². The quantitative estimate of drug-likeness (QED) is 0.723. The molecule has 3 heterocycles. The van der Waals surface area contributed by atoms with E-state index in [1.165, 1.54) is 0 Å². The molecule has 0 radical (unpaired) electrons. The lowest BCUT2D eigenvalue weighted by molar-refractivity contribution is 0.647. The van der Waals surface area contributed by atoms with Crippen LogP contribution in [0.3, 0.4) is 0 Å². The van der Waals surface area contributed by atoms with Gasteiger partial charge in [-0.25, -0.2) is 4.98 Å². The molecule has 0 amide bonds. The Kier molecular flexibility index (Phi) is 4.47. The fraction of sp³-hybridized carbons (Fsp3) is 0.190. The smallest absolute Gasteiger partial charge is 0.128 e.